The van der Waals surface area contributed by atoms with Crippen molar-refractivity contribution in [3.63, 3.8) is 0 Å². The second-order valence-corrected chi connectivity index (χ2v) is 5.87. The molecule has 4 N–H and O–H groups in total. The molecule has 2 aliphatic rings. The molecule has 1 aromatic carbocycles. The molecule has 0 bridgehead atoms. The average molecular weight is 339 g/mol. The maximum absolute atomic E-state index is 12.6. The summed E-state index contributed by atoms with van der Waals surface area (Å²) in [6.07, 6.45) is 0. The van der Waals surface area contributed by atoms with E-state index >= 15 is 0 Å². The van der Waals surface area contributed by atoms with Crippen LogP contribution in [-0.2, 0) is 6.54 Å². The number of pyridine rings is 1. The molecular formula is C16H13N5O4. The molecule has 0 saturated heterocycles. The van der Waals surface area contributed by atoms with Crippen LogP contribution in [-0.4, -0.2) is 34.4 Å². The van der Waals surface area contributed by atoms with Gasteiger partial charge in [0.2, 0.25) is 0 Å². The zero-order chi connectivity index (χ0) is 17.9. The largest absolute Gasteiger partial charge is 0.384 e. The number of nitrogens with zero attached hydrogens (tertiary/aromatic N) is 2. The Morgan fingerprint density at radius 3 is 2.60 bits per heavy atom. The van der Waals surface area contributed by atoms with E-state index in [0.29, 0.717) is 17.9 Å². The Morgan fingerprint density at radius 1 is 1.08 bits per heavy atom. The van der Waals surface area contributed by atoms with Crippen molar-refractivity contribution in [3.05, 3.63) is 51.3 Å². The summed E-state index contributed by atoms with van der Waals surface area (Å²) in [6, 6.07) is 5.91. The van der Waals surface area contributed by atoms with Gasteiger partial charge in [-0.05, 0) is 11.6 Å². The number of rotatable bonds is 1. The molecule has 0 spiro atoms. The number of carbonyl (C=O) groups is 3. The van der Waals surface area contributed by atoms with Crippen molar-refractivity contribution >= 4 is 29.4 Å². The van der Waals surface area contributed by atoms with Crippen LogP contribution in [0.5, 0.6) is 0 Å². The van der Waals surface area contributed by atoms with Crippen LogP contribution in [0.3, 0.4) is 0 Å². The van der Waals surface area contributed by atoms with Crippen molar-refractivity contribution in [2.45, 2.75) is 6.54 Å². The van der Waals surface area contributed by atoms with Gasteiger partial charge in [0.15, 0.2) is 0 Å². The molecule has 0 saturated carbocycles. The van der Waals surface area contributed by atoms with Crippen molar-refractivity contribution in [2.24, 2.45) is 0 Å². The van der Waals surface area contributed by atoms with Crippen LogP contribution in [0.4, 0.5) is 16.3 Å². The predicted molar refractivity (Wildman–Crippen MR) is 88.7 cm³/mol. The Labute approximate surface area is 141 Å². The zero-order valence-corrected chi connectivity index (χ0v) is 13.1. The number of nitrogens with two attached hydrogens (primary N) is 1. The SMILES string of the molecule is CN1Cc2cccc(-n3c(N)c4c(cc3=O)C(=O)NC4=O)c2NC1=O. The Bertz CT molecular complexity index is 1040. The zero-order valence-electron chi connectivity index (χ0n) is 13.1. The lowest BCUT2D eigenvalue weighted by Crippen LogP contribution is -2.36. The van der Waals surface area contributed by atoms with Gasteiger partial charge in [-0.25, -0.2) is 4.79 Å². The number of urea groups is 1. The van der Waals surface area contributed by atoms with E-state index in [2.05, 4.69) is 10.6 Å². The third-order valence-electron chi connectivity index (χ3n) is 4.31. The first-order valence-corrected chi connectivity index (χ1v) is 7.44. The number of anilines is 2. The lowest BCUT2D eigenvalue weighted by atomic mass is 10.1. The van der Waals surface area contributed by atoms with Gasteiger partial charge in [-0.2, -0.15) is 0 Å². The average Bonchev–Trinajstić information content (AvgIpc) is 2.83. The van der Waals surface area contributed by atoms with Crippen LogP contribution < -0.4 is 21.9 Å². The van der Waals surface area contributed by atoms with E-state index < -0.39 is 17.4 Å². The predicted octanol–water partition coefficient (Wildman–Crippen LogP) is 0.281. The third kappa shape index (κ3) is 2.02. The number of imide groups is 1. The van der Waals surface area contributed by atoms with Crippen LogP contribution in [0.2, 0.25) is 0 Å². The quantitative estimate of drug-likeness (QED) is 0.643. The van der Waals surface area contributed by atoms with Crippen molar-refractivity contribution in [1.82, 2.24) is 14.8 Å². The summed E-state index contributed by atoms with van der Waals surface area (Å²) in [4.78, 5) is 49.7. The summed E-state index contributed by atoms with van der Waals surface area (Å²) < 4.78 is 1.13. The fourth-order valence-electron chi connectivity index (χ4n) is 3.11. The van der Waals surface area contributed by atoms with Gasteiger partial charge in [0.25, 0.3) is 17.4 Å². The lowest BCUT2D eigenvalue weighted by molar-refractivity contribution is 0.0880. The first-order chi connectivity index (χ1) is 11.9. The lowest BCUT2D eigenvalue weighted by Gasteiger charge is -2.28. The highest BCUT2D eigenvalue weighted by molar-refractivity contribution is 6.23. The molecular weight excluding hydrogens is 326 g/mol. The normalized spacial score (nSPS) is 15.6. The monoisotopic (exact) mass is 339 g/mol. The standard InChI is InChI=1S/C16H13N5O4/c1-20-6-7-3-2-4-9(12(7)18-16(20)25)21-10(22)5-8-11(13(21)17)15(24)19-14(8)23/h2-5H,6,17H2,1H3,(H,18,25)(H,19,23,24). The molecule has 25 heavy (non-hydrogen) atoms. The molecule has 2 aliphatic heterocycles. The maximum Gasteiger partial charge on any atom is 0.321 e. The number of nitrogen functional groups attached to an aromatic ring is 1. The number of amides is 4. The van der Waals surface area contributed by atoms with Gasteiger partial charge in [-0.3, -0.25) is 24.3 Å². The molecule has 0 unspecified atom stereocenters. The van der Waals surface area contributed by atoms with E-state index in [-0.39, 0.29) is 23.0 Å². The fourth-order valence-corrected chi connectivity index (χ4v) is 3.11. The van der Waals surface area contributed by atoms with Crippen molar-refractivity contribution in [1.29, 1.82) is 0 Å². The Balaban J connectivity index is 2.00. The van der Waals surface area contributed by atoms with Crippen LogP contribution >= 0.6 is 0 Å². The number of carbonyl (C=O) groups excluding carboxylic acids is 3. The van der Waals surface area contributed by atoms with Gasteiger partial charge < -0.3 is 16.0 Å². The molecule has 4 rings (SSSR count). The third-order valence-corrected chi connectivity index (χ3v) is 4.31. The molecule has 4 amide bonds. The van der Waals surface area contributed by atoms with E-state index in [0.717, 1.165) is 16.2 Å². The van der Waals surface area contributed by atoms with E-state index in [4.69, 9.17) is 5.73 Å². The minimum Gasteiger partial charge on any atom is -0.384 e. The molecule has 0 aliphatic carbocycles. The van der Waals surface area contributed by atoms with E-state index in [1.165, 1.54) is 4.90 Å². The highest BCUT2D eigenvalue weighted by atomic mass is 16.2. The summed E-state index contributed by atoms with van der Waals surface area (Å²) in [6.45, 7) is 0.369. The van der Waals surface area contributed by atoms with Crippen LogP contribution in [0.25, 0.3) is 5.69 Å². The summed E-state index contributed by atoms with van der Waals surface area (Å²) in [5.41, 5.74) is 6.98. The first kappa shape index (κ1) is 14.9. The van der Waals surface area contributed by atoms with Crippen LogP contribution in [0.15, 0.2) is 29.1 Å². The molecule has 0 radical (unpaired) electrons. The summed E-state index contributed by atoms with van der Waals surface area (Å²) in [7, 11) is 1.65. The highest BCUT2D eigenvalue weighted by Gasteiger charge is 2.33. The van der Waals surface area contributed by atoms with Gasteiger partial charge in [-0.15, -0.1) is 0 Å². The van der Waals surface area contributed by atoms with Gasteiger partial charge in [-0.1, -0.05) is 12.1 Å². The van der Waals surface area contributed by atoms with E-state index in [1.54, 1.807) is 19.2 Å². The van der Waals surface area contributed by atoms with Gasteiger partial charge >= 0.3 is 6.03 Å². The van der Waals surface area contributed by atoms with Gasteiger partial charge in [0.1, 0.15) is 5.82 Å². The van der Waals surface area contributed by atoms with Gasteiger partial charge in [0.05, 0.1) is 22.5 Å². The Morgan fingerprint density at radius 2 is 1.84 bits per heavy atom. The molecule has 0 atom stereocenters. The Hall–Kier alpha value is -3.62. The molecule has 9 heteroatoms. The second-order valence-electron chi connectivity index (χ2n) is 5.87. The number of benzene rings is 1. The minimum atomic E-state index is -0.653. The maximum atomic E-state index is 12.6. The molecule has 126 valence electrons. The molecule has 2 aromatic rings. The molecule has 1 aromatic heterocycles. The molecule has 9 nitrogen and oxygen atoms in total. The smallest absolute Gasteiger partial charge is 0.321 e. The highest BCUT2D eigenvalue weighted by Crippen LogP contribution is 2.31. The summed E-state index contributed by atoms with van der Waals surface area (Å²) >= 11 is 0. The number of aromatic nitrogens is 1. The summed E-state index contributed by atoms with van der Waals surface area (Å²) in [5, 5.41) is 4.84. The van der Waals surface area contributed by atoms with Gasteiger partial charge in [0, 0.05) is 19.7 Å². The van der Waals surface area contributed by atoms with E-state index in [9.17, 15) is 19.2 Å². The van der Waals surface area contributed by atoms with Crippen LogP contribution in [0, 0.1) is 0 Å². The first-order valence-electron chi connectivity index (χ1n) is 7.44. The van der Waals surface area contributed by atoms with Crippen LogP contribution in [0.1, 0.15) is 26.3 Å². The number of nitrogens with one attached hydrogen (secondary N) is 2. The number of para-hydroxylation sites is 1. The number of hydrogen-bond donors (Lipinski definition) is 3. The molecule has 3 heterocycles. The minimum absolute atomic E-state index is 0.0403. The molecule has 0 fully saturated rings. The number of hydrogen-bond acceptors (Lipinski definition) is 5. The topological polar surface area (TPSA) is 127 Å². The Kier molecular flexibility index (Phi) is 2.95. The number of fused-ring (bicyclic) bond motifs is 2. The fraction of sp³-hybridized carbons (Fsp3) is 0.125. The van der Waals surface area contributed by atoms with E-state index in [1.807, 2.05) is 6.07 Å². The van der Waals surface area contributed by atoms with Crippen molar-refractivity contribution in [3.8, 4) is 5.69 Å². The van der Waals surface area contributed by atoms with Crippen molar-refractivity contribution < 1.29 is 14.4 Å². The summed E-state index contributed by atoms with van der Waals surface area (Å²) in [5.74, 6) is -1.45. The second kappa shape index (κ2) is 4.94. The van der Waals surface area contributed by atoms with Crippen molar-refractivity contribution in [2.75, 3.05) is 18.1 Å².